The van der Waals surface area contributed by atoms with Crippen LogP contribution in [0, 0.1) is 0 Å². The second-order valence-electron chi connectivity index (χ2n) is 15.9. The van der Waals surface area contributed by atoms with Crippen molar-refractivity contribution >= 4 is 25.7 Å². The lowest BCUT2D eigenvalue weighted by atomic mass is 10.1. The van der Waals surface area contributed by atoms with Crippen LogP contribution >= 0.6 is 7.82 Å². The minimum Gasteiger partial charge on any atom is -0.480 e. The SMILES string of the molecule is CCCCCCCC/C=C/CCCCCCCCCCCC(=O)O[C@H](COC(=O)CCCC/C=C/CCCCCCCCCCC)COP(=O)(O)OC[C@H](N)C(=O)O. The summed E-state index contributed by atoms with van der Waals surface area (Å²) in [5.74, 6) is -2.40. The molecule has 0 radical (unpaired) electrons. The molecule has 0 bridgehead atoms. The number of phosphoric ester groups is 1. The van der Waals surface area contributed by atoms with E-state index >= 15 is 0 Å². The average molecular weight is 844 g/mol. The molecule has 0 aliphatic carbocycles. The van der Waals surface area contributed by atoms with Crippen molar-refractivity contribution in [2.24, 2.45) is 5.73 Å². The molecule has 0 amide bonds. The normalized spacial score (nSPS) is 13.9. The van der Waals surface area contributed by atoms with E-state index in [0.29, 0.717) is 12.8 Å². The van der Waals surface area contributed by atoms with Crippen molar-refractivity contribution in [2.45, 2.75) is 231 Å². The molecule has 0 rings (SSSR count). The van der Waals surface area contributed by atoms with Crippen LogP contribution in [0.4, 0.5) is 0 Å². The fourth-order valence-electron chi connectivity index (χ4n) is 6.47. The van der Waals surface area contributed by atoms with Gasteiger partial charge in [-0.15, -0.1) is 0 Å². The summed E-state index contributed by atoms with van der Waals surface area (Å²) in [5, 5.41) is 8.90. The maximum absolute atomic E-state index is 12.6. The number of unbranched alkanes of at least 4 members (excludes halogenated alkanes) is 26. The zero-order chi connectivity index (χ0) is 42.8. The van der Waals surface area contributed by atoms with E-state index in [2.05, 4.69) is 42.7 Å². The van der Waals surface area contributed by atoms with Gasteiger partial charge in [-0.3, -0.25) is 23.4 Å². The Balaban J connectivity index is 4.32. The zero-order valence-corrected chi connectivity index (χ0v) is 37.8. The van der Waals surface area contributed by atoms with Gasteiger partial charge in [0, 0.05) is 12.8 Å². The van der Waals surface area contributed by atoms with Crippen molar-refractivity contribution in [1.29, 1.82) is 0 Å². The topological polar surface area (TPSA) is 172 Å². The van der Waals surface area contributed by atoms with Gasteiger partial charge in [0.15, 0.2) is 6.10 Å². The second kappa shape index (κ2) is 41.7. The summed E-state index contributed by atoms with van der Waals surface area (Å²) in [6, 6.07) is -1.52. The molecule has 340 valence electrons. The molecule has 11 nitrogen and oxygen atoms in total. The first-order valence-electron chi connectivity index (χ1n) is 23.4. The van der Waals surface area contributed by atoms with E-state index in [9.17, 15) is 23.8 Å². The number of carboxylic acid groups (broad SMARTS) is 1. The molecule has 0 aromatic carbocycles. The molecule has 0 aliphatic rings. The lowest BCUT2D eigenvalue weighted by molar-refractivity contribution is -0.161. The van der Waals surface area contributed by atoms with Gasteiger partial charge in [0.1, 0.15) is 12.6 Å². The molecular formula is C46H86NO10P. The van der Waals surface area contributed by atoms with Crippen molar-refractivity contribution < 1.29 is 47.5 Å². The van der Waals surface area contributed by atoms with E-state index in [0.717, 1.165) is 38.5 Å². The van der Waals surface area contributed by atoms with Crippen LogP contribution in [0.1, 0.15) is 219 Å². The van der Waals surface area contributed by atoms with E-state index < -0.39 is 51.1 Å². The summed E-state index contributed by atoms with van der Waals surface area (Å²) in [6.07, 6.45) is 43.8. The quantitative estimate of drug-likeness (QED) is 0.0231. The van der Waals surface area contributed by atoms with Crippen LogP contribution in [0.2, 0.25) is 0 Å². The molecule has 12 heteroatoms. The summed E-state index contributed by atoms with van der Waals surface area (Å²) in [7, 11) is -4.72. The number of ether oxygens (including phenoxy) is 2. The number of hydrogen-bond donors (Lipinski definition) is 3. The van der Waals surface area contributed by atoms with Crippen molar-refractivity contribution in [1.82, 2.24) is 0 Å². The van der Waals surface area contributed by atoms with Crippen LogP contribution in [0.25, 0.3) is 0 Å². The van der Waals surface area contributed by atoms with Gasteiger partial charge in [0.25, 0.3) is 0 Å². The first-order valence-corrected chi connectivity index (χ1v) is 24.9. The molecule has 0 fully saturated rings. The second-order valence-corrected chi connectivity index (χ2v) is 17.3. The predicted octanol–water partition coefficient (Wildman–Crippen LogP) is 12.6. The molecule has 0 heterocycles. The Kier molecular flexibility index (Phi) is 40.2. The number of carbonyl (C=O) groups excluding carboxylic acids is 2. The largest absolute Gasteiger partial charge is 0.480 e. The van der Waals surface area contributed by atoms with Gasteiger partial charge in [-0.2, -0.15) is 0 Å². The van der Waals surface area contributed by atoms with Crippen molar-refractivity contribution in [3.8, 4) is 0 Å². The van der Waals surface area contributed by atoms with E-state index in [1.165, 1.54) is 141 Å². The number of hydrogen-bond acceptors (Lipinski definition) is 9. The summed E-state index contributed by atoms with van der Waals surface area (Å²) in [4.78, 5) is 46.0. The lowest BCUT2D eigenvalue weighted by Gasteiger charge is -2.20. The molecule has 0 aromatic rings. The van der Waals surface area contributed by atoms with Gasteiger partial charge >= 0.3 is 25.7 Å². The smallest absolute Gasteiger partial charge is 0.472 e. The third kappa shape index (κ3) is 40.7. The molecule has 0 saturated heterocycles. The summed E-state index contributed by atoms with van der Waals surface area (Å²) >= 11 is 0. The molecule has 1 unspecified atom stereocenters. The molecule has 0 aromatic heterocycles. The van der Waals surface area contributed by atoms with Gasteiger partial charge in [-0.1, -0.05) is 167 Å². The molecule has 0 aliphatic heterocycles. The fourth-order valence-corrected chi connectivity index (χ4v) is 7.24. The number of carboxylic acids is 1. The molecular weight excluding hydrogens is 757 g/mol. The highest BCUT2D eigenvalue weighted by molar-refractivity contribution is 7.47. The minimum atomic E-state index is -4.72. The maximum atomic E-state index is 12.6. The Hall–Kier alpha value is -2.04. The highest BCUT2D eigenvalue weighted by Crippen LogP contribution is 2.43. The Morgan fingerprint density at radius 2 is 0.862 bits per heavy atom. The van der Waals surface area contributed by atoms with Gasteiger partial charge in [-0.25, -0.2) is 4.57 Å². The van der Waals surface area contributed by atoms with Crippen molar-refractivity contribution in [2.75, 3.05) is 19.8 Å². The van der Waals surface area contributed by atoms with Gasteiger partial charge < -0.3 is 25.2 Å². The number of aliphatic carboxylic acids is 1. The molecule has 0 spiro atoms. The standard InChI is InChI=1S/C46H86NO10P/c1-3-5-7-9-11-13-15-17-19-20-21-22-24-26-28-30-32-34-36-38-45(49)57-42(40-55-58(52,53)56-41-43(47)46(50)51)39-54-44(48)37-35-33-31-29-27-25-23-18-16-14-12-10-8-6-4-2/h17,19,27,29,42-43H,3-16,18,20-26,28,30-41,47H2,1-2H3,(H,50,51)(H,52,53)/b19-17+,29-27+/t42-,43+/m1/s1. The molecule has 58 heavy (non-hydrogen) atoms. The maximum Gasteiger partial charge on any atom is 0.472 e. The first kappa shape index (κ1) is 56.0. The summed E-state index contributed by atoms with van der Waals surface area (Å²) in [6.45, 7) is 2.80. The molecule has 3 atom stereocenters. The Bertz CT molecular complexity index is 1080. The van der Waals surface area contributed by atoms with E-state index in [1.54, 1.807) is 0 Å². The van der Waals surface area contributed by atoms with E-state index in [-0.39, 0.29) is 19.4 Å². The number of esters is 2. The van der Waals surface area contributed by atoms with E-state index in [4.69, 9.17) is 24.8 Å². The number of phosphoric acid groups is 1. The van der Waals surface area contributed by atoms with Crippen molar-refractivity contribution in [3.63, 3.8) is 0 Å². The van der Waals surface area contributed by atoms with Gasteiger partial charge in [0.2, 0.25) is 0 Å². The predicted molar refractivity (Wildman–Crippen MR) is 236 cm³/mol. The van der Waals surface area contributed by atoms with E-state index in [1.807, 2.05) is 0 Å². The summed E-state index contributed by atoms with van der Waals surface area (Å²) in [5.41, 5.74) is 5.34. The van der Waals surface area contributed by atoms with Crippen molar-refractivity contribution in [3.05, 3.63) is 24.3 Å². The zero-order valence-electron chi connectivity index (χ0n) is 36.9. The number of rotatable bonds is 44. The van der Waals surface area contributed by atoms with Crippen LogP contribution in [0.15, 0.2) is 24.3 Å². The highest BCUT2D eigenvalue weighted by Gasteiger charge is 2.28. The highest BCUT2D eigenvalue weighted by atomic mass is 31.2. The molecule has 0 saturated carbocycles. The minimum absolute atomic E-state index is 0.157. The average Bonchev–Trinajstić information content (AvgIpc) is 3.20. The van der Waals surface area contributed by atoms with Gasteiger partial charge in [-0.05, 0) is 64.2 Å². The van der Waals surface area contributed by atoms with Crippen LogP contribution < -0.4 is 5.73 Å². The first-order chi connectivity index (χ1) is 28.1. The Labute approximate surface area is 353 Å². The van der Waals surface area contributed by atoms with Crippen LogP contribution in [-0.4, -0.2) is 59.9 Å². The monoisotopic (exact) mass is 844 g/mol. The summed E-state index contributed by atoms with van der Waals surface area (Å²) < 4.78 is 32.7. The number of allylic oxidation sites excluding steroid dienone is 4. The van der Waals surface area contributed by atoms with Gasteiger partial charge in [0.05, 0.1) is 13.2 Å². The third-order valence-corrected chi connectivity index (χ3v) is 11.1. The van der Waals surface area contributed by atoms with Crippen LogP contribution in [0.5, 0.6) is 0 Å². The number of nitrogens with two attached hydrogens (primary N) is 1. The van der Waals surface area contributed by atoms with Crippen LogP contribution in [0.3, 0.4) is 0 Å². The fraction of sp³-hybridized carbons (Fsp3) is 0.848. The third-order valence-electron chi connectivity index (χ3n) is 10.2. The lowest BCUT2D eigenvalue weighted by Crippen LogP contribution is -2.34. The molecule has 4 N–H and O–H groups in total. The number of carbonyl (C=O) groups is 3. The Morgan fingerprint density at radius 1 is 0.517 bits per heavy atom. The Morgan fingerprint density at radius 3 is 1.29 bits per heavy atom. The van der Waals surface area contributed by atoms with Crippen LogP contribution in [-0.2, 0) is 37.5 Å².